The molecular formula is C15H20F3N3O2. The largest absolute Gasteiger partial charge is 0.434 e. The second-order valence-corrected chi connectivity index (χ2v) is 5.15. The lowest BCUT2D eigenvalue weighted by atomic mass is 10.2. The molecule has 5 nitrogen and oxygen atoms in total. The number of aliphatic hydroxyl groups excluding tert-OH is 1. The maximum atomic E-state index is 13.9. The van der Waals surface area contributed by atoms with Crippen LogP contribution >= 0.6 is 0 Å². The van der Waals surface area contributed by atoms with Gasteiger partial charge in [-0.25, -0.2) is 9.38 Å². The summed E-state index contributed by atoms with van der Waals surface area (Å²) in [7, 11) is 0. The number of β-amino-alcohol motifs (C(OH)–C–C–N with tert-alkyl or cyclic N) is 1. The highest BCUT2D eigenvalue weighted by Gasteiger charge is 2.23. The Morgan fingerprint density at radius 1 is 1.52 bits per heavy atom. The first kappa shape index (κ1) is 17.4. The number of aliphatic imine (C=N–C) groups is 1. The summed E-state index contributed by atoms with van der Waals surface area (Å²) in [4.78, 5) is 6.13. The topological polar surface area (TPSA) is 57.1 Å². The number of guanidine groups is 1. The van der Waals surface area contributed by atoms with Crippen molar-refractivity contribution in [1.29, 1.82) is 0 Å². The van der Waals surface area contributed by atoms with Crippen LogP contribution in [-0.4, -0.2) is 48.3 Å². The Morgan fingerprint density at radius 3 is 2.91 bits per heavy atom. The van der Waals surface area contributed by atoms with E-state index in [-0.39, 0.29) is 17.9 Å². The van der Waals surface area contributed by atoms with Crippen LogP contribution in [0.15, 0.2) is 23.2 Å². The first-order chi connectivity index (χ1) is 11.0. The van der Waals surface area contributed by atoms with Crippen LogP contribution in [0.1, 0.15) is 18.9 Å². The lowest BCUT2D eigenvalue weighted by Gasteiger charge is -2.21. The number of nitrogens with zero attached hydrogens (tertiary/aromatic N) is 2. The number of aliphatic hydroxyl groups is 1. The number of rotatable bonds is 5. The molecule has 1 aliphatic heterocycles. The van der Waals surface area contributed by atoms with Crippen molar-refractivity contribution >= 4 is 5.96 Å². The van der Waals surface area contributed by atoms with E-state index < -0.39 is 18.5 Å². The van der Waals surface area contributed by atoms with Gasteiger partial charge in [-0.2, -0.15) is 8.78 Å². The zero-order chi connectivity index (χ0) is 16.8. The second kappa shape index (κ2) is 8.05. The van der Waals surface area contributed by atoms with Crippen molar-refractivity contribution in [2.75, 3.05) is 19.6 Å². The maximum absolute atomic E-state index is 13.9. The lowest BCUT2D eigenvalue weighted by molar-refractivity contribution is -0.0506. The summed E-state index contributed by atoms with van der Waals surface area (Å²) in [5.41, 5.74) is -0.0250. The van der Waals surface area contributed by atoms with Gasteiger partial charge in [0.05, 0.1) is 18.2 Å². The summed E-state index contributed by atoms with van der Waals surface area (Å²) < 4.78 is 43.1. The van der Waals surface area contributed by atoms with E-state index in [1.165, 1.54) is 18.2 Å². The molecule has 1 aromatic carbocycles. The van der Waals surface area contributed by atoms with Gasteiger partial charge in [0.15, 0.2) is 5.96 Å². The number of benzene rings is 1. The lowest BCUT2D eigenvalue weighted by Crippen LogP contribution is -2.40. The van der Waals surface area contributed by atoms with Crippen molar-refractivity contribution in [3.8, 4) is 5.75 Å². The molecule has 8 heteroatoms. The minimum Gasteiger partial charge on any atom is -0.434 e. The summed E-state index contributed by atoms with van der Waals surface area (Å²) in [6, 6.07) is 3.77. The molecule has 1 atom stereocenters. The first-order valence-electron chi connectivity index (χ1n) is 7.44. The van der Waals surface area contributed by atoms with Crippen LogP contribution in [0.4, 0.5) is 13.2 Å². The second-order valence-electron chi connectivity index (χ2n) is 5.15. The Bertz CT molecular complexity index is 555. The minimum atomic E-state index is -3.03. The van der Waals surface area contributed by atoms with Crippen molar-refractivity contribution in [3.63, 3.8) is 0 Å². The SMILES string of the molecule is CCNC(=NCc1c(F)cccc1OC(F)F)N1CC[C@@H](O)C1. The van der Waals surface area contributed by atoms with Gasteiger partial charge in [0, 0.05) is 19.6 Å². The fourth-order valence-electron chi connectivity index (χ4n) is 2.41. The van der Waals surface area contributed by atoms with E-state index in [1.807, 2.05) is 11.8 Å². The van der Waals surface area contributed by atoms with Gasteiger partial charge in [0.25, 0.3) is 0 Å². The van der Waals surface area contributed by atoms with Crippen molar-refractivity contribution in [3.05, 3.63) is 29.6 Å². The number of ether oxygens (including phenoxy) is 1. The van der Waals surface area contributed by atoms with Crippen molar-refractivity contribution in [2.45, 2.75) is 32.6 Å². The van der Waals surface area contributed by atoms with Gasteiger partial charge in [-0.15, -0.1) is 0 Å². The van der Waals surface area contributed by atoms with Gasteiger partial charge in [-0.3, -0.25) is 0 Å². The van der Waals surface area contributed by atoms with E-state index in [4.69, 9.17) is 0 Å². The molecule has 1 aromatic rings. The standard InChI is InChI=1S/C15H20F3N3O2/c1-2-19-15(21-7-6-10(22)9-21)20-8-11-12(16)4-3-5-13(11)23-14(17)18/h3-5,10,14,22H,2,6-9H2,1H3,(H,19,20)/t10-/m1/s1. The molecule has 2 N–H and O–H groups in total. The Balaban J connectivity index is 2.18. The average Bonchev–Trinajstić information content (AvgIpc) is 2.91. The Labute approximate surface area is 132 Å². The van der Waals surface area contributed by atoms with Crippen LogP contribution in [0, 0.1) is 5.82 Å². The zero-order valence-electron chi connectivity index (χ0n) is 12.8. The third-order valence-corrected chi connectivity index (χ3v) is 3.48. The van der Waals surface area contributed by atoms with E-state index >= 15 is 0 Å². The highest BCUT2D eigenvalue weighted by Crippen LogP contribution is 2.24. The Morgan fingerprint density at radius 2 is 2.30 bits per heavy atom. The van der Waals surface area contributed by atoms with Crippen LogP contribution in [-0.2, 0) is 6.54 Å². The zero-order valence-corrected chi connectivity index (χ0v) is 12.8. The van der Waals surface area contributed by atoms with E-state index in [2.05, 4.69) is 15.0 Å². The number of nitrogens with one attached hydrogen (secondary N) is 1. The van der Waals surface area contributed by atoms with Crippen LogP contribution < -0.4 is 10.1 Å². The molecule has 1 aliphatic rings. The Kier molecular flexibility index (Phi) is 6.09. The molecule has 1 saturated heterocycles. The van der Waals surface area contributed by atoms with Crippen LogP contribution in [0.25, 0.3) is 0 Å². The normalized spacial score (nSPS) is 18.6. The molecule has 1 heterocycles. The quantitative estimate of drug-likeness (QED) is 0.640. The summed E-state index contributed by atoms with van der Waals surface area (Å²) in [5, 5.41) is 12.6. The van der Waals surface area contributed by atoms with Crippen molar-refractivity contribution in [1.82, 2.24) is 10.2 Å². The molecule has 128 valence electrons. The van der Waals surface area contributed by atoms with Gasteiger partial charge >= 0.3 is 6.61 Å². The fourth-order valence-corrected chi connectivity index (χ4v) is 2.41. The predicted octanol–water partition coefficient (Wildman–Crippen LogP) is 1.96. The molecule has 0 saturated carbocycles. The summed E-state index contributed by atoms with van der Waals surface area (Å²) in [6.07, 6.45) is 0.203. The summed E-state index contributed by atoms with van der Waals surface area (Å²) in [5.74, 6) is -0.361. The highest BCUT2D eigenvalue weighted by molar-refractivity contribution is 5.80. The molecule has 23 heavy (non-hydrogen) atoms. The smallest absolute Gasteiger partial charge is 0.387 e. The third-order valence-electron chi connectivity index (χ3n) is 3.48. The van der Waals surface area contributed by atoms with E-state index in [1.54, 1.807) is 0 Å². The summed E-state index contributed by atoms with van der Waals surface area (Å²) in [6.45, 7) is 0.388. The molecule has 0 radical (unpaired) electrons. The fraction of sp³-hybridized carbons (Fsp3) is 0.533. The van der Waals surface area contributed by atoms with Crippen molar-refractivity contribution in [2.24, 2.45) is 4.99 Å². The number of halogens is 3. The van der Waals surface area contributed by atoms with Crippen LogP contribution in [0.5, 0.6) is 5.75 Å². The van der Waals surface area contributed by atoms with Gasteiger partial charge in [0.1, 0.15) is 11.6 Å². The molecule has 0 bridgehead atoms. The number of hydrogen-bond donors (Lipinski definition) is 2. The number of hydrogen-bond acceptors (Lipinski definition) is 3. The molecule has 2 rings (SSSR count). The minimum absolute atomic E-state index is 0.0250. The van der Waals surface area contributed by atoms with E-state index in [9.17, 15) is 18.3 Å². The van der Waals surface area contributed by atoms with Gasteiger partial charge < -0.3 is 20.1 Å². The molecular weight excluding hydrogens is 311 g/mol. The maximum Gasteiger partial charge on any atom is 0.387 e. The van der Waals surface area contributed by atoms with Gasteiger partial charge in [-0.1, -0.05) is 6.07 Å². The number of likely N-dealkylation sites (tertiary alicyclic amines) is 1. The molecule has 0 spiro atoms. The molecule has 1 fully saturated rings. The third kappa shape index (κ3) is 4.75. The number of alkyl halides is 2. The molecule has 0 aromatic heterocycles. The van der Waals surface area contributed by atoms with Crippen LogP contribution in [0.2, 0.25) is 0 Å². The van der Waals surface area contributed by atoms with Gasteiger partial charge in [0.2, 0.25) is 0 Å². The van der Waals surface area contributed by atoms with Crippen LogP contribution in [0.3, 0.4) is 0 Å². The molecule has 0 aliphatic carbocycles. The predicted molar refractivity (Wildman–Crippen MR) is 80.0 cm³/mol. The Hall–Kier alpha value is -1.96. The van der Waals surface area contributed by atoms with E-state index in [0.717, 1.165) is 0 Å². The molecule has 0 amide bonds. The van der Waals surface area contributed by atoms with Crippen molar-refractivity contribution < 1.29 is 23.0 Å². The van der Waals surface area contributed by atoms with E-state index in [0.29, 0.717) is 32.0 Å². The summed E-state index contributed by atoms with van der Waals surface area (Å²) >= 11 is 0. The monoisotopic (exact) mass is 331 g/mol. The highest BCUT2D eigenvalue weighted by atomic mass is 19.3. The first-order valence-corrected chi connectivity index (χ1v) is 7.44. The van der Waals surface area contributed by atoms with Gasteiger partial charge in [-0.05, 0) is 25.5 Å². The average molecular weight is 331 g/mol. The molecule has 0 unspecified atom stereocenters.